The summed E-state index contributed by atoms with van der Waals surface area (Å²) in [5.74, 6) is -0.491. The largest absolute Gasteiger partial charge is 0.459 e. The van der Waals surface area contributed by atoms with E-state index in [1.807, 2.05) is 0 Å². The van der Waals surface area contributed by atoms with Gasteiger partial charge in [-0.2, -0.15) is 4.98 Å². The lowest BCUT2D eigenvalue weighted by molar-refractivity contribution is -0.0512. The maximum Gasteiger partial charge on any atom is 0.338 e. The van der Waals surface area contributed by atoms with E-state index in [1.54, 1.807) is 30.3 Å². The zero-order valence-electron chi connectivity index (χ0n) is 12.4. The third-order valence-electron chi connectivity index (χ3n) is 4.02. The summed E-state index contributed by atoms with van der Waals surface area (Å²) in [4.78, 5) is 26.9. The second-order valence-electron chi connectivity index (χ2n) is 5.56. The van der Waals surface area contributed by atoms with Gasteiger partial charge in [-0.1, -0.05) is 18.2 Å². The molecular weight excluding hydrogens is 316 g/mol. The molecule has 4 rings (SSSR count). The third-order valence-corrected chi connectivity index (χ3v) is 4.02. The highest BCUT2D eigenvalue weighted by molar-refractivity contribution is 5.89. The Bertz CT molecular complexity index is 821. The molecule has 4 atom stereocenters. The van der Waals surface area contributed by atoms with E-state index in [0.717, 1.165) is 0 Å². The predicted molar refractivity (Wildman–Crippen MR) is 79.6 cm³/mol. The Labute approximate surface area is 136 Å². The molecular formula is C16H14N2O6. The summed E-state index contributed by atoms with van der Waals surface area (Å²) < 4.78 is 17.9. The lowest BCUT2D eigenvalue weighted by Gasteiger charge is -2.17. The summed E-state index contributed by atoms with van der Waals surface area (Å²) in [6, 6.07) is 9.95. The van der Waals surface area contributed by atoms with Gasteiger partial charge in [-0.25, -0.2) is 4.79 Å². The van der Waals surface area contributed by atoms with Crippen LogP contribution in [0.5, 0.6) is 6.01 Å². The van der Waals surface area contributed by atoms with Gasteiger partial charge in [-0.15, -0.1) is 0 Å². The van der Waals surface area contributed by atoms with Crippen molar-refractivity contribution < 1.29 is 24.1 Å². The van der Waals surface area contributed by atoms with Gasteiger partial charge in [0.2, 0.25) is 0 Å². The smallest absolute Gasteiger partial charge is 0.338 e. The molecule has 1 fully saturated rings. The van der Waals surface area contributed by atoms with Gasteiger partial charge in [0.25, 0.3) is 5.56 Å². The van der Waals surface area contributed by atoms with Crippen LogP contribution in [0.25, 0.3) is 0 Å². The monoisotopic (exact) mass is 330 g/mol. The van der Waals surface area contributed by atoms with Crippen LogP contribution in [0, 0.1) is 0 Å². The molecule has 8 heteroatoms. The van der Waals surface area contributed by atoms with Crippen molar-refractivity contribution in [3.8, 4) is 6.01 Å². The van der Waals surface area contributed by atoms with Crippen LogP contribution >= 0.6 is 0 Å². The number of esters is 1. The number of rotatable bonds is 3. The zero-order chi connectivity index (χ0) is 16.7. The number of fused-ring (bicyclic) bond motifs is 3. The van der Waals surface area contributed by atoms with E-state index in [4.69, 9.17) is 14.2 Å². The maximum absolute atomic E-state index is 11.9. The first kappa shape index (κ1) is 14.9. The summed E-state index contributed by atoms with van der Waals surface area (Å²) in [7, 11) is 0. The third kappa shape index (κ3) is 2.45. The van der Waals surface area contributed by atoms with Crippen LogP contribution in [0.1, 0.15) is 16.6 Å². The molecule has 124 valence electrons. The molecule has 0 unspecified atom stereocenters. The average molecular weight is 330 g/mol. The first-order valence-electron chi connectivity index (χ1n) is 7.45. The van der Waals surface area contributed by atoms with Crippen molar-refractivity contribution in [3.05, 3.63) is 58.5 Å². The highest BCUT2D eigenvalue weighted by atomic mass is 16.6. The van der Waals surface area contributed by atoms with Gasteiger partial charge < -0.3 is 19.3 Å². The molecule has 0 saturated carbocycles. The van der Waals surface area contributed by atoms with E-state index in [-0.39, 0.29) is 12.6 Å². The van der Waals surface area contributed by atoms with E-state index in [9.17, 15) is 14.7 Å². The number of benzene rings is 1. The Hall–Kier alpha value is -2.71. The fourth-order valence-corrected chi connectivity index (χ4v) is 2.82. The minimum absolute atomic E-state index is 0.103. The summed E-state index contributed by atoms with van der Waals surface area (Å²) >= 11 is 0. The summed E-state index contributed by atoms with van der Waals surface area (Å²) in [6.45, 7) is -0.103. The Morgan fingerprint density at radius 2 is 2.08 bits per heavy atom. The van der Waals surface area contributed by atoms with Gasteiger partial charge in [0, 0.05) is 12.3 Å². The van der Waals surface area contributed by atoms with Crippen LogP contribution in [0.4, 0.5) is 0 Å². The van der Waals surface area contributed by atoms with Crippen LogP contribution in [-0.4, -0.2) is 45.5 Å². The van der Waals surface area contributed by atoms with Crippen LogP contribution in [0.3, 0.4) is 0 Å². The van der Waals surface area contributed by atoms with Gasteiger partial charge in [0.05, 0.1) is 5.56 Å². The van der Waals surface area contributed by atoms with Crippen LogP contribution in [0.15, 0.2) is 47.4 Å². The summed E-state index contributed by atoms with van der Waals surface area (Å²) in [5.41, 5.74) is -0.00242. The molecule has 0 spiro atoms. The van der Waals surface area contributed by atoms with Gasteiger partial charge >= 0.3 is 12.0 Å². The molecule has 0 radical (unpaired) electrons. The second kappa shape index (κ2) is 5.73. The van der Waals surface area contributed by atoms with Gasteiger partial charge in [0.15, 0.2) is 12.3 Å². The number of aromatic nitrogens is 2. The fourth-order valence-electron chi connectivity index (χ4n) is 2.82. The van der Waals surface area contributed by atoms with Crippen molar-refractivity contribution in [2.24, 2.45) is 0 Å². The Balaban J connectivity index is 1.43. The number of carbonyl (C=O) groups is 1. The van der Waals surface area contributed by atoms with E-state index in [2.05, 4.69) is 4.98 Å². The topological polar surface area (TPSA) is 99.9 Å². The molecule has 2 aliphatic rings. The fraction of sp³-hybridized carbons (Fsp3) is 0.312. The Kier molecular flexibility index (Phi) is 3.55. The number of aliphatic hydroxyl groups is 1. The maximum atomic E-state index is 11.9. The zero-order valence-corrected chi connectivity index (χ0v) is 12.4. The average Bonchev–Trinajstić information content (AvgIpc) is 3.09. The molecule has 8 nitrogen and oxygen atoms in total. The Morgan fingerprint density at radius 1 is 1.29 bits per heavy atom. The predicted octanol–water partition coefficient (Wildman–Crippen LogP) is 0.120. The molecule has 2 aliphatic heterocycles. The van der Waals surface area contributed by atoms with Gasteiger partial charge in [0.1, 0.15) is 18.8 Å². The van der Waals surface area contributed by atoms with Crippen molar-refractivity contribution in [2.45, 2.75) is 24.5 Å². The molecule has 1 aromatic carbocycles. The van der Waals surface area contributed by atoms with Crippen LogP contribution in [-0.2, 0) is 9.47 Å². The number of ether oxygens (including phenoxy) is 3. The SMILES string of the molecule is O=C(OC[C@@H]1O[C@@H]2[C@@H](Oc3nc(=O)ccn32)[C@H]1O)c1ccccc1. The van der Waals surface area contributed by atoms with Crippen LogP contribution < -0.4 is 10.3 Å². The standard InChI is InChI=1S/C16H14N2O6/c19-11-6-7-18-14-13(24-16(18)17-11)12(20)10(23-14)8-22-15(21)9-4-2-1-3-5-9/h1-7,10,12-14,20H,8H2/t10-,12-,13-,14+/m0/s1. The van der Waals surface area contributed by atoms with Crippen molar-refractivity contribution in [2.75, 3.05) is 6.61 Å². The molecule has 2 aromatic rings. The number of carbonyl (C=O) groups excluding carboxylic acids is 1. The molecule has 0 bridgehead atoms. The van der Waals surface area contributed by atoms with E-state index >= 15 is 0 Å². The molecule has 0 aliphatic carbocycles. The summed E-state index contributed by atoms with van der Waals surface area (Å²) in [5, 5.41) is 10.3. The minimum atomic E-state index is -1.00. The van der Waals surface area contributed by atoms with Crippen LogP contribution in [0.2, 0.25) is 0 Å². The number of hydrogen-bond donors (Lipinski definition) is 1. The highest BCUT2D eigenvalue weighted by Crippen LogP contribution is 2.38. The minimum Gasteiger partial charge on any atom is -0.459 e. The normalized spacial score (nSPS) is 27.2. The van der Waals surface area contributed by atoms with Crippen molar-refractivity contribution >= 4 is 5.97 Å². The molecule has 24 heavy (non-hydrogen) atoms. The molecule has 0 amide bonds. The molecule has 3 heterocycles. The lowest BCUT2D eigenvalue weighted by atomic mass is 10.1. The molecule has 1 N–H and O–H groups in total. The van der Waals surface area contributed by atoms with Gasteiger partial charge in [-0.05, 0) is 12.1 Å². The first-order valence-corrected chi connectivity index (χ1v) is 7.45. The number of nitrogens with zero attached hydrogens (tertiary/aromatic N) is 2. The number of aliphatic hydroxyl groups excluding tert-OH is 1. The lowest BCUT2D eigenvalue weighted by Crippen LogP contribution is -2.36. The van der Waals surface area contributed by atoms with E-state index in [1.165, 1.54) is 16.8 Å². The van der Waals surface area contributed by atoms with Crippen molar-refractivity contribution in [1.29, 1.82) is 0 Å². The van der Waals surface area contributed by atoms with Gasteiger partial charge in [-0.3, -0.25) is 9.36 Å². The van der Waals surface area contributed by atoms with Crippen molar-refractivity contribution in [1.82, 2.24) is 9.55 Å². The first-order chi connectivity index (χ1) is 11.6. The van der Waals surface area contributed by atoms with Crippen molar-refractivity contribution in [3.63, 3.8) is 0 Å². The number of hydrogen-bond acceptors (Lipinski definition) is 7. The second-order valence-corrected chi connectivity index (χ2v) is 5.56. The highest BCUT2D eigenvalue weighted by Gasteiger charge is 2.51. The molecule has 1 saturated heterocycles. The van der Waals surface area contributed by atoms with E-state index < -0.39 is 36.1 Å². The summed E-state index contributed by atoms with van der Waals surface area (Å²) in [6.07, 6.45) is -1.53. The quantitative estimate of drug-likeness (QED) is 0.798. The Morgan fingerprint density at radius 3 is 2.88 bits per heavy atom. The molecule has 1 aromatic heterocycles. The van der Waals surface area contributed by atoms with E-state index in [0.29, 0.717) is 5.56 Å².